The fourth-order valence-corrected chi connectivity index (χ4v) is 3.85. The highest BCUT2D eigenvalue weighted by molar-refractivity contribution is 5.90. The van der Waals surface area contributed by atoms with Gasteiger partial charge in [0.2, 0.25) is 0 Å². The normalized spacial score (nSPS) is 11.2. The molecule has 0 amide bonds. The number of para-hydroxylation sites is 2. The molecular weight excluding hydrogens is 418 g/mol. The average Bonchev–Trinajstić information content (AvgIpc) is 3.38. The number of benzene rings is 2. The molecule has 0 aliphatic heterocycles. The van der Waals surface area contributed by atoms with Crippen LogP contribution < -0.4 is 4.74 Å². The summed E-state index contributed by atoms with van der Waals surface area (Å²) in [5, 5.41) is 4.73. The number of hydrogen-bond acceptors (Lipinski definition) is 6. The van der Waals surface area contributed by atoms with Crippen molar-refractivity contribution in [1.82, 2.24) is 24.3 Å². The van der Waals surface area contributed by atoms with Crippen molar-refractivity contribution in [3.63, 3.8) is 0 Å². The van der Waals surface area contributed by atoms with E-state index in [2.05, 4.69) is 16.9 Å². The minimum Gasteiger partial charge on any atom is -0.465 e. The molecule has 8 nitrogen and oxygen atoms in total. The highest BCUT2D eigenvalue weighted by Crippen LogP contribution is 2.30. The lowest BCUT2D eigenvalue weighted by Gasteiger charge is -2.10. The zero-order valence-electron chi connectivity index (χ0n) is 18.4. The van der Waals surface area contributed by atoms with E-state index in [4.69, 9.17) is 14.6 Å². The molecule has 0 N–H and O–H groups in total. The summed E-state index contributed by atoms with van der Waals surface area (Å²) in [6.07, 6.45) is 1.78. The Morgan fingerprint density at radius 3 is 2.55 bits per heavy atom. The van der Waals surface area contributed by atoms with E-state index < -0.39 is 0 Å². The summed E-state index contributed by atoms with van der Waals surface area (Å²) in [5.41, 5.74) is 5.19. The van der Waals surface area contributed by atoms with Gasteiger partial charge in [-0.1, -0.05) is 12.1 Å². The summed E-state index contributed by atoms with van der Waals surface area (Å²) < 4.78 is 14.9. The molecule has 0 fully saturated rings. The molecule has 0 radical (unpaired) electrons. The Balaban J connectivity index is 1.46. The van der Waals surface area contributed by atoms with E-state index in [0.29, 0.717) is 18.4 Å². The lowest BCUT2D eigenvalue weighted by molar-refractivity contribution is -0.143. The molecular formula is C25H23N5O3. The summed E-state index contributed by atoms with van der Waals surface area (Å²) in [5.74, 6) is 0.262. The van der Waals surface area contributed by atoms with Crippen molar-refractivity contribution in [3.05, 3.63) is 66.9 Å². The van der Waals surface area contributed by atoms with Crippen LogP contribution in [0.4, 0.5) is 0 Å². The lowest BCUT2D eigenvalue weighted by atomic mass is 10.1. The monoisotopic (exact) mass is 441 g/mol. The molecule has 0 spiro atoms. The first kappa shape index (κ1) is 20.7. The van der Waals surface area contributed by atoms with E-state index in [1.54, 1.807) is 17.7 Å². The van der Waals surface area contributed by atoms with Gasteiger partial charge in [-0.3, -0.25) is 19.0 Å². The van der Waals surface area contributed by atoms with Crippen molar-refractivity contribution in [2.75, 3.05) is 6.61 Å². The Morgan fingerprint density at radius 2 is 1.76 bits per heavy atom. The molecule has 0 aliphatic rings. The van der Waals surface area contributed by atoms with Crippen molar-refractivity contribution in [2.45, 2.75) is 26.9 Å². The van der Waals surface area contributed by atoms with Gasteiger partial charge in [-0.05, 0) is 62.4 Å². The minimum absolute atomic E-state index is 0.0217. The number of pyridine rings is 1. The van der Waals surface area contributed by atoms with Crippen LogP contribution in [0.3, 0.4) is 0 Å². The maximum Gasteiger partial charge on any atom is 0.326 e. The molecule has 8 heteroatoms. The largest absolute Gasteiger partial charge is 0.465 e. The second kappa shape index (κ2) is 8.74. The third-order valence-electron chi connectivity index (χ3n) is 5.36. The number of ether oxygens (including phenoxy) is 2. The second-order valence-corrected chi connectivity index (χ2v) is 7.44. The van der Waals surface area contributed by atoms with Crippen LogP contribution in [0.5, 0.6) is 11.8 Å². The topological polar surface area (TPSA) is 84.1 Å². The van der Waals surface area contributed by atoms with Crippen molar-refractivity contribution in [1.29, 1.82) is 0 Å². The zero-order chi connectivity index (χ0) is 22.8. The van der Waals surface area contributed by atoms with E-state index in [1.807, 2.05) is 65.3 Å². The van der Waals surface area contributed by atoms with Crippen molar-refractivity contribution in [2.24, 2.45) is 0 Å². The second-order valence-electron chi connectivity index (χ2n) is 7.44. The highest BCUT2D eigenvalue weighted by Gasteiger charge is 2.17. The molecule has 5 aromatic rings. The summed E-state index contributed by atoms with van der Waals surface area (Å²) in [6.45, 7) is 4.95. The summed E-state index contributed by atoms with van der Waals surface area (Å²) in [4.78, 5) is 21.2. The number of carbonyl (C=O) groups excluding carboxylic acids is 1. The fraction of sp³-hybridized carbons (Fsp3) is 0.200. The molecule has 3 aromatic heterocycles. The third-order valence-corrected chi connectivity index (χ3v) is 5.36. The molecule has 2 aromatic carbocycles. The Kier molecular flexibility index (Phi) is 5.48. The molecule has 5 rings (SSSR count). The van der Waals surface area contributed by atoms with Gasteiger partial charge in [-0.25, -0.2) is 0 Å². The van der Waals surface area contributed by atoms with Gasteiger partial charge in [0.25, 0.3) is 0 Å². The predicted octanol–water partition coefficient (Wildman–Crippen LogP) is 4.82. The Bertz CT molecular complexity index is 1440. The van der Waals surface area contributed by atoms with Crippen LogP contribution in [0.25, 0.3) is 33.3 Å². The van der Waals surface area contributed by atoms with Crippen LogP contribution in [0.1, 0.15) is 13.8 Å². The highest BCUT2D eigenvalue weighted by atomic mass is 16.5. The van der Waals surface area contributed by atoms with Crippen molar-refractivity contribution >= 4 is 28.0 Å². The fourth-order valence-electron chi connectivity index (χ4n) is 3.85. The Labute approximate surface area is 190 Å². The molecule has 0 saturated heterocycles. The Hall–Kier alpha value is -4.20. The van der Waals surface area contributed by atoms with Gasteiger partial charge < -0.3 is 9.47 Å². The number of fused-ring (bicyclic) bond motifs is 2. The van der Waals surface area contributed by atoms with Crippen LogP contribution in [-0.2, 0) is 22.6 Å². The molecule has 0 aliphatic carbocycles. The molecule has 0 bridgehead atoms. The van der Waals surface area contributed by atoms with Gasteiger partial charge in [0.15, 0.2) is 0 Å². The molecule has 0 saturated carbocycles. The van der Waals surface area contributed by atoms with Gasteiger partial charge in [0.05, 0.1) is 23.2 Å². The van der Waals surface area contributed by atoms with E-state index >= 15 is 0 Å². The van der Waals surface area contributed by atoms with E-state index in [1.165, 1.54) is 0 Å². The van der Waals surface area contributed by atoms with Crippen LogP contribution >= 0.6 is 0 Å². The first-order chi connectivity index (χ1) is 16.2. The van der Waals surface area contributed by atoms with Crippen molar-refractivity contribution in [3.8, 4) is 23.0 Å². The maximum absolute atomic E-state index is 12.2. The summed E-state index contributed by atoms with van der Waals surface area (Å²) in [7, 11) is 0. The maximum atomic E-state index is 12.2. The van der Waals surface area contributed by atoms with E-state index in [0.717, 1.165) is 39.9 Å². The van der Waals surface area contributed by atoms with Crippen LogP contribution in [-0.4, -0.2) is 36.9 Å². The third kappa shape index (κ3) is 3.91. The van der Waals surface area contributed by atoms with Gasteiger partial charge in [0.1, 0.15) is 23.5 Å². The van der Waals surface area contributed by atoms with Crippen LogP contribution in [0.15, 0.2) is 66.9 Å². The number of esters is 1. The van der Waals surface area contributed by atoms with E-state index in [-0.39, 0.29) is 12.5 Å². The van der Waals surface area contributed by atoms with Gasteiger partial charge in [-0.2, -0.15) is 10.1 Å². The average molecular weight is 441 g/mol. The molecule has 0 unspecified atom stereocenters. The van der Waals surface area contributed by atoms with Gasteiger partial charge in [-0.15, -0.1) is 0 Å². The molecule has 0 atom stereocenters. The smallest absolute Gasteiger partial charge is 0.326 e. The Morgan fingerprint density at radius 1 is 0.970 bits per heavy atom. The first-order valence-electron chi connectivity index (χ1n) is 10.9. The zero-order valence-corrected chi connectivity index (χ0v) is 18.4. The number of aromatic nitrogens is 5. The standard InChI is InChI=1S/C25H23N5O3/c1-3-30-21-10-7-15-26-24(21)23(28-30)17-11-13-18(14-12-17)33-25-27-19-8-5-6-9-20(19)29(25)16-22(31)32-4-2/h5-15H,3-4,16H2,1-2H3. The molecule has 33 heavy (non-hydrogen) atoms. The first-order valence-corrected chi connectivity index (χ1v) is 10.9. The van der Waals surface area contributed by atoms with Gasteiger partial charge >= 0.3 is 12.0 Å². The number of nitrogens with zero attached hydrogens (tertiary/aromatic N) is 5. The lowest BCUT2D eigenvalue weighted by Crippen LogP contribution is -2.14. The summed E-state index contributed by atoms with van der Waals surface area (Å²) >= 11 is 0. The molecule has 166 valence electrons. The van der Waals surface area contributed by atoms with E-state index in [9.17, 15) is 4.79 Å². The predicted molar refractivity (Wildman–Crippen MR) is 125 cm³/mol. The quantitative estimate of drug-likeness (QED) is 0.337. The van der Waals surface area contributed by atoms with Crippen LogP contribution in [0, 0.1) is 0 Å². The number of hydrogen-bond donors (Lipinski definition) is 0. The number of imidazole rings is 1. The number of aryl methyl sites for hydroxylation is 1. The van der Waals surface area contributed by atoms with Crippen molar-refractivity contribution < 1.29 is 14.3 Å². The number of carbonyl (C=O) groups is 1. The molecule has 3 heterocycles. The summed E-state index contributed by atoms with van der Waals surface area (Å²) in [6, 6.07) is 19.5. The SMILES string of the molecule is CCOC(=O)Cn1c(Oc2ccc(-c3nn(CC)c4cccnc34)cc2)nc2ccccc21. The van der Waals surface area contributed by atoms with Gasteiger partial charge in [0, 0.05) is 18.3 Å². The van der Waals surface area contributed by atoms with Crippen LogP contribution in [0.2, 0.25) is 0 Å². The minimum atomic E-state index is -0.341. The number of rotatable bonds is 7.